The van der Waals surface area contributed by atoms with Gasteiger partial charge in [-0.3, -0.25) is 4.79 Å². The lowest BCUT2D eigenvalue weighted by molar-refractivity contribution is -0.187. The van der Waals surface area contributed by atoms with E-state index in [0.717, 1.165) is 19.3 Å². The summed E-state index contributed by atoms with van der Waals surface area (Å²) < 4.78 is 10.2. The van der Waals surface area contributed by atoms with Crippen molar-refractivity contribution in [2.45, 2.75) is 38.5 Å². The lowest BCUT2D eigenvalue weighted by Crippen LogP contribution is -2.34. The molecule has 1 saturated heterocycles. The summed E-state index contributed by atoms with van der Waals surface area (Å²) in [5.74, 6) is -0.387. The number of hydrogen-bond acceptors (Lipinski definition) is 4. The van der Waals surface area contributed by atoms with Crippen LogP contribution in [0.2, 0.25) is 0 Å². The number of carbonyl (C=O) groups excluding carboxylic acids is 1. The molecule has 70 valence electrons. The molecule has 0 saturated carbocycles. The van der Waals surface area contributed by atoms with Crippen molar-refractivity contribution in [1.82, 2.24) is 0 Å². The summed E-state index contributed by atoms with van der Waals surface area (Å²) in [5.41, 5.74) is 5.32. The Hall–Kier alpha value is -0.610. The number of nitrogens with two attached hydrogens (primary N) is 1. The average Bonchev–Trinajstić information content (AvgIpc) is 2.06. The Morgan fingerprint density at radius 1 is 1.67 bits per heavy atom. The summed E-state index contributed by atoms with van der Waals surface area (Å²) in [6, 6.07) is -0.560. The van der Waals surface area contributed by atoms with Crippen molar-refractivity contribution in [2.24, 2.45) is 5.73 Å². The molecular formula is C8H15NO3. The molecule has 1 aliphatic rings. The molecule has 1 rings (SSSR count). The van der Waals surface area contributed by atoms with Crippen LogP contribution < -0.4 is 5.73 Å². The summed E-state index contributed by atoms with van der Waals surface area (Å²) in [7, 11) is 0. The predicted octanol–water partition coefficient (Wildman–Crippen LogP) is 0.403. The van der Waals surface area contributed by atoms with Crippen molar-refractivity contribution in [1.29, 1.82) is 0 Å². The van der Waals surface area contributed by atoms with Crippen molar-refractivity contribution < 1.29 is 14.3 Å². The van der Waals surface area contributed by atoms with Crippen LogP contribution in [-0.2, 0) is 14.3 Å². The molecule has 0 aliphatic carbocycles. The normalized spacial score (nSPS) is 26.3. The fourth-order valence-corrected chi connectivity index (χ4v) is 1.04. The van der Waals surface area contributed by atoms with E-state index in [1.165, 1.54) is 0 Å². The number of ether oxygens (including phenoxy) is 2. The number of esters is 1. The molecule has 0 bridgehead atoms. The Morgan fingerprint density at radius 3 is 2.92 bits per heavy atom. The Labute approximate surface area is 72.0 Å². The van der Waals surface area contributed by atoms with Crippen LogP contribution in [0.15, 0.2) is 0 Å². The minimum Gasteiger partial charge on any atom is -0.435 e. The zero-order valence-corrected chi connectivity index (χ0v) is 7.29. The number of rotatable bonds is 2. The molecule has 1 fully saturated rings. The van der Waals surface area contributed by atoms with Gasteiger partial charge in [0.15, 0.2) is 0 Å². The molecule has 0 radical (unpaired) electrons. The lowest BCUT2D eigenvalue weighted by Gasteiger charge is -2.22. The standard InChI is InChI=1S/C8H15NO3/c1-6(9)8(10)12-7-4-2-3-5-11-7/h6-7H,2-5,9H2,1H3/t6-,7?/m0/s1. The maximum atomic E-state index is 11.0. The van der Waals surface area contributed by atoms with E-state index in [9.17, 15) is 4.79 Å². The van der Waals surface area contributed by atoms with Gasteiger partial charge in [0, 0.05) is 6.42 Å². The molecule has 0 aromatic heterocycles. The van der Waals surface area contributed by atoms with Crippen LogP contribution in [0, 0.1) is 0 Å². The zero-order chi connectivity index (χ0) is 8.97. The van der Waals surface area contributed by atoms with E-state index in [1.807, 2.05) is 0 Å². The monoisotopic (exact) mass is 173 g/mol. The summed E-state index contributed by atoms with van der Waals surface area (Å²) in [5, 5.41) is 0. The Morgan fingerprint density at radius 2 is 2.42 bits per heavy atom. The van der Waals surface area contributed by atoms with E-state index in [2.05, 4.69) is 0 Å². The first-order chi connectivity index (χ1) is 5.70. The second-order valence-electron chi connectivity index (χ2n) is 3.02. The van der Waals surface area contributed by atoms with Crippen molar-refractivity contribution in [3.63, 3.8) is 0 Å². The van der Waals surface area contributed by atoms with Gasteiger partial charge in [0.25, 0.3) is 0 Å². The van der Waals surface area contributed by atoms with Gasteiger partial charge in [0.2, 0.25) is 6.29 Å². The zero-order valence-electron chi connectivity index (χ0n) is 7.29. The van der Waals surface area contributed by atoms with E-state index >= 15 is 0 Å². The Balaban J connectivity index is 2.24. The quantitative estimate of drug-likeness (QED) is 0.614. The molecule has 12 heavy (non-hydrogen) atoms. The molecule has 2 atom stereocenters. The molecule has 4 heteroatoms. The lowest BCUT2D eigenvalue weighted by atomic mass is 10.2. The highest BCUT2D eigenvalue weighted by atomic mass is 16.7. The van der Waals surface area contributed by atoms with Gasteiger partial charge in [0.1, 0.15) is 6.04 Å². The second-order valence-corrected chi connectivity index (χ2v) is 3.02. The maximum Gasteiger partial charge on any atom is 0.324 e. The van der Waals surface area contributed by atoms with Gasteiger partial charge < -0.3 is 15.2 Å². The van der Waals surface area contributed by atoms with Gasteiger partial charge in [-0.2, -0.15) is 0 Å². The molecule has 1 heterocycles. The average molecular weight is 173 g/mol. The number of hydrogen-bond donors (Lipinski definition) is 1. The molecule has 1 aliphatic heterocycles. The summed E-state index contributed by atoms with van der Waals surface area (Å²) in [4.78, 5) is 11.0. The molecule has 1 unspecified atom stereocenters. The number of carbonyl (C=O) groups is 1. The highest BCUT2D eigenvalue weighted by molar-refractivity contribution is 5.74. The van der Waals surface area contributed by atoms with E-state index in [-0.39, 0.29) is 12.3 Å². The predicted molar refractivity (Wildman–Crippen MR) is 43.3 cm³/mol. The molecule has 0 amide bonds. The van der Waals surface area contributed by atoms with Crippen molar-refractivity contribution in [3.8, 4) is 0 Å². The van der Waals surface area contributed by atoms with Crippen LogP contribution in [0.5, 0.6) is 0 Å². The smallest absolute Gasteiger partial charge is 0.324 e. The largest absolute Gasteiger partial charge is 0.435 e. The van der Waals surface area contributed by atoms with Gasteiger partial charge in [0.05, 0.1) is 6.61 Å². The molecule has 4 nitrogen and oxygen atoms in total. The second kappa shape index (κ2) is 4.42. The topological polar surface area (TPSA) is 61.6 Å². The molecule has 0 aromatic carbocycles. The highest BCUT2D eigenvalue weighted by Crippen LogP contribution is 2.13. The van der Waals surface area contributed by atoms with Gasteiger partial charge in [-0.1, -0.05) is 0 Å². The molecule has 0 spiro atoms. The summed E-state index contributed by atoms with van der Waals surface area (Å²) >= 11 is 0. The van der Waals surface area contributed by atoms with E-state index in [4.69, 9.17) is 15.2 Å². The fourth-order valence-electron chi connectivity index (χ4n) is 1.04. The Bertz CT molecular complexity index is 152. The van der Waals surface area contributed by atoms with Crippen LogP contribution in [0.25, 0.3) is 0 Å². The van der Waals surface area contributed by atoms with E-state index < -0.39 is 6.04 Å². The first-order valence-electron chi connectivity index (χ1n) is 4.28. The first-order valence-corrected chi connectivity index (χ1v) is 4.28. The summed E-state index contributed by atoms with van der Waals surface area (Å²) in [6.07, 6.45) is 2.53. The van der Waals surface area contributed by atoms with Gasteiger partial charge in [-0.25, -0.2) is 0 Å². The van der Waals surface area contributed by atoms with E-state index in [1.54, 1.807) is 6.92 Å². The van der Waals surface area contributed by atoms with E-state index in [0.29, 0.717) is 6.61 Å². The minimum atomic E-state index is -0.560. The molecular weight excluding hydrogens is 158 g/mol. The van der Waals surface area contributed by atoms with Gasteiger partial charge in [-0.15, -0.1) is 0 Å². The third-order valence-electron chi connectivity index (χ3n) is 1.76. The molecule has 0 aromatic rings. The van der Waals surface area contributed by atoms with Crippen LogP contribution in [0.3, 0.4) is 0 Å². The highest BCUT2D eigenvalue weighted by Gasteiger charge is 2.19. The third-order valence-corrected chi connectivity index (χ3v) is 1.76. The maximum absolute atomic E-state index is 11.0. The SMILES string of the molecule is C[C@H](N)C(=O)OC1CCCCO1. The van der Waals surface area contributed by atoms with Crippen LogP contribution in [-0.4, -0.2) is 24.9 Å². The van der Waals surface area contributed by atoms with Gasteiger partial charge >= 0.3 is 5.97 Å². The minimum absolute atomic E-state index is 0.364. The van der Waals surface area contributed by atoms with Gasteiger partial charge in [-0.05, 0) is 19.8 Å². The Kier molecular flexibility index (Phi) is 3.49. The van der Waals surface area contributed by atoms with Crippen molar-refractivity contribution >= 4 is 5.97 Å². The van der Waals surface area contributed by atoms with Crippen LogP contribution >= 0.6 is 0 Å². The van der Waals surface area contributed by atoms with Crippen molar-refractivity contribution in [3.05, 3.63) is 0 Å². The first kappa shape index (κ1) is 9.48. The van der Waals surface area contributed by atoms with Crippen LogP contribution in [0.4, 0.5) is 0 Å². The summed E-state index contributed by atoms with van der Waals surface area (Å²) in [6.45, 7) is 2.28. The van der Waals surface area contributed by atoms with Crippen molar-refractivity contribution in [2.75, 3.05) is 6.61 Å². The molecule has 2 N–H and O–H groups in total. The third kappa shape index (κ3) is 2.79. The van der Waals surface area contributed by atoms with Crippen LogP contribution in [0.1, 0.15) is 26.2 Å². The fraction of sp³-hybridized carbons (Fsp3) is 0.875.